The maximum absolute atomic E-state index is 12.0. The molecule has 0 unspecified atom stereocenters. The third-order valence-corrected chi connectivity index (χ3v) is 4.25. The Bertz CT molecular complexity index is 665. The highest BCUT2D eigenvalue weighted by atomic mass is 16.5. The van der Waals surface area contributed by atoms with Crippen LogP contribution in [0.4, 0.5) is 10.6 Å². The number of carbonyl (C=O) groups is 1. The Balaban J connectivity index is 1.81. The molecule has 1 aromatic heterocycles. The predicted octanol–water partition coefficient (Wildman–Crippen LogP) is 3.99. The van der Waals surface area contributed by atoms with Crippen LogP contribution in [0.1, 0.15) is 50.2 Å². The lowest BCUT2D eigenvalue weighted by Gasteiger charge is -2.11. The molecule has 6 heteroatoms. The van der Waals surface area contributed by atoms with E-state index in [9.17, 15) is 4.79 Å². The van der Waals surface area contributed by atoms with Gasteiger partial charge in [-0.05, 0) is 36.3 Å². The Morgan fingerprint density at radius 3 is 2.62 bits per heavy atom. The summed E-state index contributed by atoms with van der Waals surface area (Å²) in [5.41, 5.74) is 2.47. The topological polar surface area (TPSA) is 68.2 Å². The first kappa shape index (κ1) is 20.0. The van der Waals surface area contributed by atoms with Crippen LogP contribution in [-0.4, -0.2) is 36.1 Å². The largest absolute Gasteiger partial charge is 0.385 e. The molecule has 0 saturated heterocycles. The number of nitrogens with zero attached hydrogens (tertiary/aromatic N) is 2. The van der Waals surface area contributed by atoms with E-state index in [0.717, 1.165) is 31.4 Å². The first-order chi connectivity index (χ1) is 12.6. The van der Waals surface area contributed by atoms with Crippen molar-refractivity contribution in [1.29, 1.82) is 0 Å². The highest BCUT2D eigenvalue weighted by Gasteiger charge is 2.08. The maximum atomic E-state index is 12.0. The second kappa shape index (κ2) is 10.6. The Labute approximate surface area is 155 Å². The normalized spacial score (nSPS) is 10.9. The van der Waals surface area contributed by atoms with Gasteiger partial charge in [0.25, 0.3) is 0 Å². The molecular formula is C20H30N4O2. The van der Waals surface area contributed by atoms with Gasteiger partial charge in [0.1, 0.15) is 5.82 Å². The first-order valence-corrected chi connectivity index (χ1v) is 9.24. The minimum absolute atomic E-state index is 0.200. The molecule has 1 aromatic carbocycles. The van der Waals surface area contributed by atoms with Crippen molar-refractivity contribution in [2.75, 3.05) is 25.6 Å². The second-order valence-corrected chi connectivity index (χ2v) is 6.70. The number of rotatable bonds is 10. The third-order valence-electron chi connectivity index (χ3n) is 4.25. The smallest absolute Gasteiger partial charge is 0.320 e. The molecule has 2 amide bonds. The summed E-state index contributed by atoms with van der Waals surface area (Å²) in [6.45, 7) is 6.41. The summed E-state index contributed by atoms with van der Waals surface area (Å²) in [5, 5.41) is 10.1. The molecule has 2 N–H and O–H groups in total. The zero-order valence-corrected chi connectivity index (χ0v) is 16.0. The number of hydrogen-bond donors (Lipinski definition) is 2. The zero-order chi connectivity index (χ0) is 18.8. The summed E-state index contributed by atoms with van der Waals surface area (Å²) < 4.78 is 6.80. The van der Waals surface area contributed by atoms with Crippen molar-refractivity contribution in [2.24, 2.45) is 0 Å². The van der Waals surface area contributed by atoms with Gasteiger partial charge < -0.3 is 10.1 Å². The summed E-state index contributed by atoms with van der Waals surface area (Å²) in [6, 6.07) is 10.1. The lowest BCUT2D eigenvalue weighted by atomic mass is 10.0. The number of unbranched alkanes of at least 4 members (excludes halogenated alkanes) is 2. The summed E-state index contributed by atoms with van der Waals surface area (Å²) in [4.78, 5) is 12.0. The fourth-order valence-corrected chi connectivity index (χ4v) is 2.66. The van der Waals surface area contributed by atoms with E-state index in [1.165, 1.54) is 5.56 Å². The van der Waals surface area contributed by atoms with Gasteiger partial charge in [-0.1, -0.05) is 38.1 Å². The number of benzene rings is 1. The molecule has 1 heterocycles. The number of nitrogens with one attached hydrogen (secondary N) is 2. The van der Waals surface area contributed by atoms with Crippen LogP contribution in [-0.2, 0) is 11.3 Å². The average molecular weight is 358 g/mol. The van der Waals surface area contributed by atoms with Crippen LogP contribution in [0.5, 0.6) is 0 Å². The van der Waals surface area contributed by atoms with Crippen molar-refractivity contribution < 1.29 is 9.53 Å². The van der Waals surface area contributed by atoms with Crippen LogP contribution in [0.2, 0.25) is 0 Å². The van der Waals surface area contributed by atoms with Crippen LogP contribution < -0.4 is 10.6 Å². The van der Waals surface area contributed by atoms with Crippen molar-refractivity contribution in [2.45, 2.75) is 45.6 Å². The maximum Gasteiger partial charge on any atom is 0.320 e. The van der Waals surface area contributed by atoms with E-state index < -0.39 is 0 Å². The minimum atomic E-state index is -0.200. The molecule has 0 fully saturated rings. The molecule has 0 aliphatic carbocycles. The van der Waals surface area contributed by atoms with Crippen molar-refractivity contribution in [1.82, 2.24) is 15.1 Å². The molecule has 0 aliphatic rings. The number of amides is 2. The van der Waals surface area contributed by atoms with E-state index in [0.29, 0.717) is 24.8 Å². The Hall–Kier alpha value is -2.34. The summed E-state index contributed by atoms with van der Waals surface area (Å²) in [7, 11) is 1.70. The van der Waals surface area contributed by atoms with Gasteiger partial charge in [0, 0.05) is 26.3 Å². The molecule has 0 saturated carbocycles. The highest BCUT2D eigenvalue weighted by Crippen LogP contribution is 2.16. The molecule has 26 heavy (non-hydrogen) atoms. The van der Waals surface area contributed by atoms with Crippen LogP contribution >= 0.6 is 0 Å². The molecule has 0 aliphatic heterocycles. The number of aromatic nitrogens is 2. The van der Waals surface area contributed by atoms with Gasteiger partial charge in [-0.15, -0.1) is 0 Å². The lowest BCUT2D eigenvalue weighted by Crippen LogP contribution is -2.30. The van der Waals surface area contributed by atoms with Crippen LogP contribution in [0.25, 0.3) is 0 Å². The van der Waals surface area contributed by atoms with E-state index in [-0.39, 0.29) is 6.03 Å². The van der Waals surface area contributed by atoms with Crippen molar-refractivity contribution in [3.05, 3.63) is 47.7 Å². The molecule has 0 radical (unpaired) electrons. The fraction of sp³-hybridized carbons (Fsp3) is 0.500. The zero-order valence-electron chi connectivity index (χ0n) is 16.0. The number of methoxy groups -OCH3 is 1. The monoisotopic (exact) mass is 358 g/mol. The summed E-state index contributed by atoms with van der Waals surface area (Å²) in [5.74, 6) is 1.21. The third kappa shape index (κ3) is 6.52. The number of urea groups is 1. The molecule has 6 nitrogen and oxygen atoms in total. The van der Waals surface area contributed by atoms with E-state index in [1.807, 2.05) is 0 Å². The molecule has 0 bridgehead atoms. The fourth-order valence-electron chi connectivity index (χ4n) is 2.66. The Kier molecular flexibility index (Phi) is 8.15. The van der Waals surface area contributed by atoms with Crippen LogP contribution in [0.15, 0.2) is 36.5 Å². The number of ether oxygens (including phenoxy) is 1. The van der Waals surface area contributed by atoms with Gasteiger partial charge in [-0.25, -0.2) is 9.48 Å². The standard InChI is InChI=1S/C20H30N4O2/c1-16(2)18-9-7-17(8-10-18)15-24-19(11-13-22-24)23-20(25)21-12-5-4-6-14-26-3/h7-11,13,16H,4-6,12,14-15H2,1-3H3,(H2,21,23,25). The number of hydrogen-bond acceptors (Lipinski definition) is 3. The van der Waals surface area contributed by atoms with Crippen LogP contribution in [0.3, 0.4) is 0 Å². The molecule has 2 aromatic rings. The van der Waals surface area contributed by atoms with E-state index in [2.05, 4.69) is 53.8 Å². The molecule has 142 valence electrons. The van der Waals surface area contributed by atoms with Gasteiger partial charge in [0.05, 0.1) is 12.7 Å². The second-order valence-electron chi connectivity index (χ2n) is 6.70. The van der Waals surface area contributed by atoms with Crippen molar-refractivity contribution in [3.8, 4) is 0 Å². The van der Waals surface area contributed by atoms with Crippen LogP contribution in [0, 0.1) is 0 Å². The number of anilines is 1. The van der Waals surface area contributed by atoms with Gasteiger partial charge in [0.15, 0.2) is 0 Å². The molecule has 0 atom stereocenters. The van der Waals surface area contributed by atoms with Gasteiger partial charge in [-0.3, -0.25) is 5.32 Å². The quantitative estimate of drug-likeness (QED) is 0.631. The van der Waals surface area contributed by atoms with E-state index in [1.54, 1.807) is 24.1 Å². The van der Waals surface area contributed by atoms with E-state index in [4.69, 9.17) is 4.74 Å². The highest BCUT2D eigenvalue weighted by molar-refractivity contribution is 5.88. The first-order valence-electron chi connectivity index (χ1n) is 9.24. The lowest BCUT2D eigenvalue weighted by molar-refractivity contribution is 0.192. The van der Waals surface area contributed by atoms with E-state index >= 15 is 0 Å². The molecule has 2 rings (SSSR count). The predicted molar refractivity (Wildman–Crippen MR) is 105 cm³/mol. The Morgan fingerprint density at radius 1 is 1.15 bits per heavy atom. The SMILES string of the molecule is COCCCCCNC(=O)Nc1ccnn1Cc1ccc(C(C)C)cc1. The average Bonchev–Trinajstić information content (AvgIpc) is 3.05. The number of carbonyl (C=O) groups excluding carboxylic acids is 1. The summed E-state index contributed by atoms with van der Waals surface area (Å²) in [6.07, 6.45) is 4.70. The molecular weight excluding hydrogens is 328 g/mol. The Morgan fingerprint density at radius 2 is 1.92 bits per heavy atom. The molecule has 0 spiro atoms. The minimum Gasteiger partial charge on any atom is -0.385 e. The van der Waals surface area contributed by atoms with Crippen molar-refractivity contribution in [3.63, 3.8) is 0 Å². The van der Waals surface area contributed by atoms with Crippen molar-refractivity contribution >= 4 is 11.8 Å². The van der Waals surface area contributed by atoms with Gasteiger partial charge in [0.2, 0.25) is 0 Å². The van der Waals surface area contributed by atoms with Gasteiger partial charge >= 0.3 is 6.03 Å². The summed E-state index contributed by atoms with van der Waals surface area (Å²) >= 11 is 0. The van der Waals surface area contributed by atoms with Gasteiger partial charge in [-0.2, -0.15) is 5.10 Å².